The molecule has 0 radical (unpaired) electrons. The molecule has 0 aliphatic rings. The highest BCUT2D eigenvalue weighted by Gasteiger charge is 2.17. The molecule has 0 fully saturated rings. The van der Waals surface area contributed by atoms with Gasteiger partial charge in [-0.25, -0.2) is 18.1 Å². The van der Waals surface area contributed by atoms with Crippen LogP contribution in [-0.2, 0) is 16.6 Å². The number of sulfonamides is 1. The van der Waals surface area contributed by atoms with Crippen molar-refractivity contribution in [2.75, 3.05) is 12.3 Å². The Morgan fingerprint density at radius 1 is 1.09 bits per heavy atom. The first kappa shape index (κ1) is 22.5. The van der Waals surface area contributed by atoms with Crippen LogP contribution in [-0.4, -0.2) is 30.3 Å². The molecule has 0 bridgehead atoms. The topological polar surface area (TPSA) is 81.1 Å². The van der Waals surface area contributed by atoms with Crippen LogP contribution in [0.1, 0.15) is 0 Å². The molecule has 0 saturated carbocycles. The Kier molecular flexibility index (Phi) is 6.90. The molecule has 1 N–H and O–H groups in total. The van der Waals surface area contributed by atoms with E-state index in [4.69, 9.17) is 4.98 Å². The number of thiophene rings is 1. The summed E-state index contributed by atoms with van der Waals surface area (Å²) in [4.78, 5) is 18.9. The molecule has 9 heteroatoms. The number of rotatable bonds is 9. The Balaban J connectivity index is 1.57. The number of fused-ring (bicyclic) bond motifs is 1. The summed E-state index contributed by atoms with van der Waals surface area (Å²) in [6, 6.07) is 18.0. The summed E-state index contributed by atoms with van der Waals surface area (Å²) >= 11 is 2.77. The van der Waals surface area contributed by atoms with Gasteiger partial charge in [0.1, 0.15) is 4.83 Å². The largest absolute Gasteiger partial charge is 0.283 e. The van der Waals surface area contributed by atoms with Gasteiger partial charge in [-0.2, -0.15) is 0 Å². The van der Waals surface area contributed by atoms with E-state index in [0.29, 0.717) is 27.7 Å². The average molecular weight is 484 g/mol. The number of aromatic nitrogens is 2. The van der Waals surface area contributed by atoms with Gasteiger partial charge in [0.2, 0.25) is 10.0 Å². The second kappa shape index (κ2) is 9.83. The lowest BCUT2D eigenvalue weighted by Gasteiger charge is -2.11. The van der Waals surface area contributed by atoms with E-state index >= 15 is 0 Å². The smallest absolute Gasteiger partial charge is 0.263 e. The Hall–Kier alpha value is -2.72. The Bertz CT molecular complexity index is 1400. The van der Waals surface area contributed by atoms with E-state index in [1.54, 1.807) is 41.0 Å². The van der Waals surface area contributed by atoms with Crippen molar-refractivity contribution < 1.29 is 8.42 Å². The molecule has 0 spiro atoms. The zero-order valence-electron chi connectivity index (χ0n) is 17.1. The van der Waals surface area contributed by atoms with E-state index in [-0.39, 0.29) is 17.0 Å². The van der Waals surface area contributed by atoms with Crippen molar-refractivity contribution in [2.24, 2.45) is 0 Å². The minimum atomic E-state index is -3.57. The summed E-state index contributed by atoms with van der Waals surface area (Å²) in [5.74, 6) is 0.429. The van der Waals surface area contributed by atoms with Crippen LogP contribution in [0.5, 0.6) is 0 Å². The van der Waals surface area contributed by atoms with Crippen LogP contribution in [0.2, 0.25) is 0 Å². The summed E-state index contributed by atoms with van der Waals surface area (Å²) in [5, 5.41) is 3.09. The van der Waals surface area contributed by atoms with Gasteiger partial charge in [0.05, 0.1) is 10.3 Å². The van der Waals surface area contributed by atoms with Crippen LogP contribution in [0.4, 0.5) is 0 Å². The van der Waals surface area contributed by atoms with Gasteiger partial charge in [-0.15, -0.1) is 17.9 Å². The van der Waals surface area contributed by atoms with Crippen molar-refractivity contribution in [3.63, 3.8) is 0 Å². The molecule has 0 saturated heterocycles. The van der Waals surface area contributed by atoms with Crippen LogP contribution in [0.3, 0.4) is 0 Å². The minimum Gasteiger partial charge on any atom is -0.283 e. The molecule has 4 rings (SSSR count). The molecular formula is C23H21N3O3S3. The average Bonchev–Trinajstić information content (AvgIpc) is 3.24. The fraction of sp³-hybridized carbons (Fsp3) is 0.130. The van der Waals surface area contributed by atoms with Gasteiger partial charge >= 0.3 is 0 Å². The monoisotopic (exact) mass is 483 g/mol. The Morgan fingerprint density at radius 3 is 2.47 bits per heavy atom. The van der Waals surface area contributed by atoms with Gasteiger partial charge < -0.3 is 0 Å². The molecule has 0 atom stereocenters. The third-order valence-electron chi connectivity index (χ3n) is 4.73. The first-order valence-corrected chi connectivity index (χ1v) is 13.2. The van der Waals surface area contributed by atoms with E-state index in [1.807, 2.05) is 35.7 Å². The molecule has 0 amide bonds. The second-order valence-corrected chi connectivity index (χ2v) is 10.5. The highest BCUT2D eigenvalue weighted by molar-refractivity contribution is 7.99. The SMILES string of the molecule is C=CCn1c(SCCNS(=O)(=O)c2ccccc2)nc2scc(-c3ccccc3)c2c1=O. The van der Waals surface area contributed by atoms with Crippen LogP contribution < -0.4 is 10.3 Å². The Morgan fingerprint density at radius 2 is 1.78 bits per heavy atom. The van der Waals surface area contributed by atoms with Gasteiger partial charge in [0, 0.05) is 29.8 Å². The number of hydrogen-bond donors (Lipinski definition) is 1. The highest BCUT2D eigenvalue weighted by atomic mass is 32.2. The van der Waals surface area contributed by atoms with E-state index < -0.39 is 10.0 Å². The number of hydrogen-bond acceptors (Lipinski definition) is 6. The van der Waals surface area contributed by atoms with Crippen molar-refractivity contribution >= 4 is 43.3 Å². The third kappa shape index (κ3) is 4.71. The van der Waals surface area contributed by atoms with Gasteiger partial charge in [0.15, 0.2) is 5.16 Å². The third-order valence-corrected chi connectivity index (χ3v) is 8.06. The van der Waals surface area contributed by atoms with Gasteiger partial charge in [-0.3, -0.25) is 9.36 Å². The first-order valence-electron chi connectivity index (χ1n) is 9.87. The maximum Gasteiger partial charge on any atom is 0.263 e. The lowest BCUT2D eigenvalue weighted by atomic mass is 10.1. The van der Waals surface area contributed by atoms with Crippen LogP contribution in [0, 0.1) is 0 Å². The van der Waals surface area contributed by atoms with Crippen molar-refractivity contribution in [2.45, 2.75) is 16.6 Å². The molecule has 2 aromatic heterocycles. The number of thioether (sulfide) groups is 1. The molecule has 32 heavy (non-hydrogen) atoms. The zero-order chi connectivity index (χ0) is 22.6. The molecule has 0 unspecified atom stereocenters. The van der Waals surface area contributed by atoms with Crippen LogP contribution >= 0.6 is 23.1 Å². The summed E-state index contributed by atoms with van der Waals surface area (Å²) < 4.78 is 28.9. The number of nitrogens with zero attached hydrogens (tertiary/aromatic N) is 2. The van der Waals surface area contributed by atoms with E-state index in [1.165, 1.54) is 23.1 Å². The predicted molar refractivity (Wildman–Crippen MR) is 132 cm³/mol. The molecule has 164 valence electrons. The molecule has 0 aliphatic heterocycles. The van der Waals surface area contributed by atoms with Gasteiger partial charge in [-0.05, 0) is 17.7 Å². The first-order chi connectivity index (χ1) is 15.5. The summed E-state index contributed by atoms with van der Waals surface area (Å²) in [6.07, 6.45) is 1.66. The van der Waals surface area contributed by atoms with E-state index in [0.717, 1.165) is 11.1 Å². The summed E-state index contributed by atoms with van der Waals surface area (Å²) in [6.45, 7) is 4.30. The summed E-state index contributed by atoms with van der Waals surface area (Å²) in [5.41, 5.74) is 1.72. The van der Waals surface area contributed by atoms with E-state index in [2.05, 4.69) is 11.3 Å². The minimum absolute atomic E-state index is 0.123. The van der Waals surface area contributed by atoms with E-state index in [9.17, 15) is 13.2 Å². The lowest BCUT2D eigenvalue weighted by molar-refractivity contribution is 0.584. The van der Waals surface area contributed by atoms with Crippen molar-refractivity contribution in [3.05, 3.63) is 89.1 Å². The van der Waals surface area contributed by atoms with Gasteiger partial charge in [-0.1, -0.05) is 66.4 Å². The molecule has 6 nitrogen and oxygen atoms in total. The fourth-order valence-electron chi connectivity index (χ4n) is 3.24. The zero-order valence-corrected chi connectivity index (χ0v) is 19.6. The second-order valence-electron chi connectivity index (χ2n) is 6.85. The number of nitrogens with one attached hydrogen (secondary N) is 1. The quantitative estimate of drug-likeness (QED) is 0.165. The normalized spacial score (nSPS) is 11.6. The Labute approximate surface area is 194 Å². The highest BCUT2D eigenvalue weighted by Crippen LogP contribution is 2.32. The molecule has 2 aromatic carbocycles. The standard InChI is InChI=1S/C23H21N3O3S3/c1-2-14-26-22(27)20-19(17-9-5-3-6-10-17)16-31-21(20)25-23(26)30-15-13-24-32(28,29)18-11-7-4-8-12-18/h2-12,16,24H,1,13-15H2. The van der Waals surface area contributed by atoms with Crippen LogP contribution in [0.15, 0.2) is 93.5 Å². The van der Waals surface area contributed by atoms with Crippen molar-refractivity contribution in [3.8, 4) is 11.1 Å². The molecule has 2 heterocycles. The molecular weight excluding hydrogens is 462 g/mol. The lowest BCUT2D eigenvalue weighted by Crippen LogP contribution is -2.27. The predicted octanol–water partition coefficient (Wildman–Crippen LogP) is 4.38. The molecule has 4 aromatic rings. The number of benzene rings is 2. The van der Waals surface area contributed by atoms with Crippen molar-refractivity contribution in [1.82, 2.24) is 14.3 Å². The maximum absolute atomic E-state index is 13.3. The maximum atomic E-state index is 13.3. The molecule has 0 aliphatic carbocycles. The fourth-order valence-corrected chi connectivity index (χ4v) is 6.27. The van der Waals surface area contributed by atoms with Gasteiger partial charge in [0.25, 0.3) is 5.56 Å². The summed E-state index contributed by atoms with van der Waals surface area (Å²) in [7, 11) is -3.57. The van der Waals surface area contributed by atoms with Crippen molar-refractivity contribution in [1.29, 1.82) is 0 Å². The van der Waals surface area contributed by atoms with Crippen LogP contribution in [0.25, 0.3) is 21.3 Å². The number of allylic oxidation sites excluding steroid dienone is 1.